The van der Waals surface area contributed by atoms with Crippen molar-refractivity contribution in [2.24, 2.45) is 0 Å². The molecule has 1 aliphatic heterocycles. The van der Waals surface area contributed by atoms with Crippen LogP contribution in [0.5, 0.6) is 0 Å². The molecular formula is C10H14N4O. The molecule has 1 saturated heterocycles. The molecular weight excluding hydrogens is 192 g/mol. The number of anilines is 2. The maximum atomic E-state index is 11.5. The van der Waals surface area contributed by atoms with Crippen molar-refractivity contribution < 1.29 is 4.79 Å². The van der Waals surface area contributed by atoms with Gasteiger partial charge in [0.05, 0.1) is 5.69 Å². The number of rotatable bonds is 1. The second-order valence-electron chi connectivity index (χ2n) is 3.57. The summed E-state index contributed by atoms with van der Waals surface area (Å²) in [7, 11) is 0. The molecule has 1 aliphatic rings. The number of carbonyl (C=O) groups is 1. The first kappa shape index (κ1) is 9.76. The molecule has 0 saturated carbocycles. The fourth-order valence-corrected chi connectivity index (χ4v) is 1.76. The first-order valence-corrected chi connectivity index (χ1v) is 4.95. The van der Waals surface area contributed by atoms with Crippen LogP contribution < -0.4 is 16.0 Å². The predicted molar refractivity (Wildman–Crippen MR) is 58.5 cm³/mol. The number of piperazine rings is 1. The number of amides is 1. The normalized spacial score (nSPS) is 21.3. The highest BCUT2D eigenvalue weighted by atomic mass is 16.2. The van der Waals surface area contributed by atoms with Crippen LogP contribution in [0.25, 0.3) is 0 Å². The van der Waals surface area contributed by atoms with Gasteiger partial charge in [0.1, 0.15) is 11.9 Å². The molecule has 0 bridgehead atoms. The average molecular weight is 206 g/mol. The summed E-state index contributed by atoms with van der Waals surface area (Å²) in [5.74, 6) is 0.503. The molecule has 2 rings (SSSR count). The zero-order valence-electron chi connectivity index (χ0n) is 8.60. The first-order chi connectivity index (χ1) is 7.20. The van der Waals surface area contributed by atoms with Gasteiger partial charge < -0.3 is 16.0 Å². The van der Waals surface area contributed by atoms with Crippen molar-refractivity contribution in [2.45, 2.75) is 13.0 Å². The second kappa shape index (κ2) is 3.76. The number of nitrogen functional groups attached to an aromatic ring is 1. The Hall–Kier alpha value is -1.78. The Morgan fingerprint density at radius 2 is 2.47 bits per heavy atom. The highest BCUT2D eigenvalue weighted by molar-refractivity contribution is 5.87. The van der Waals surface area contributed by atoms with E-state index in [0.717, 1.165) is 12.2 Å². The van der Waals surface area contributed by atoms with Gasteiger partial charge in [0, 0.05) is 19.3 Å². The number of nitrogens with zero attached hydrogens (tertiary/aromatic N) is 2. The van der Waals surface area contributed by atoms with Crippen molar-refractivity contribution >= 4 is 17.4 Å². The van der Waals surface area contributed by atoms with E-state index in [4.69, 9.17) is 5.73 Å². The van der Waals surface area contributed by atoms with E-state index in [1.807, 2.05) is 24.0 Å². The fraction of sp³-hybridized carbons (Fsp3) is 0.400. The van der Waals surface area contributed by atoms with Gasteiger partial charge in [0.15, 0.2) is 0 Å². The molecule has 1 amide bonds. The number of aromatic nitrogens is 1. The van der Waals surface area contributed by atoms with E-state index in [2.05, 4.69) is 10.3 Å². The SMILES string of the molecule is CC1C(=O)NCCN1c1cccnc1N. The molecule has 0 radical (unpaired) electrons. The lowest BCUT2D eigenvalue weighted by Gasteiger charge is -2.34. The van der Waals surface area contributed by atoms with E-state index in [9.17, 15) is 4.79 Å². The highest BCUT2D eigenvalue weighted by Crippen LogP contribution is 2.23. The van der Waals surface area contributed by atoms with Crippen LogP contribution in [-0.4, -0.2) is 30.0 Å². The summed E-state index contributed by atoms with van der Waals surface area (Å²) in [6.07, 6.45) is 1.65. The van der Waals surface area contributed by atoms with Crippen molar-refractivity contribution in [3.8, 4) is 0 Å². The minimum atomic E-state index is -0.190. The predicted octanol–water partition coefficient (Wildman–Crippen LogP) is -0.0115. The molecule has 80 valence electrons. The van der Waals surface area contributed by atoms with Crippen LogP contribution in [0.15, 0.2) is 18.3 Å². The van der Waals surface area contributed by atoms with Crippen LogP contribution in [0.2, 0.25) is 0 Å². The van der Waals surface area contributed by atoms with Crippen LogP contribution in [-0.2, 0) is 4.79 Å². The summed E-state index contributed by atoms with van der Waals surface area (Å²) in [6.45, 7) is 3.28. The topological polar surface area (TPSA) is 71.2 Å². The molecule has 0 spiro atoms. The molecule has 1 aromatic heterocycles. The van der Waals surface area contributed by atoms with Crippen LogP contribution >= 0.6 is 0 Å². The van der Waals surface area contributed by atoms with Gasteiger partial charge in [-0.15, -0.1) is 0 Å². The van der Waals surface area contributed by atoms with E-state index < -0.39 is 0 Å². The van der Waals surface area contributed by atoms with Gasteiger partial charge in [-0.05, 0) is 19.1 Å². The lowest BCUT2D eigenvalue weighted by molar-refractivity contribution is -0.122. The molecule has 5 nitrogen and oxygen atoms in total. The van der Waals surface area contributed by atoms with Crippen molar-refractivity contribution in [1.29, 1.82) is 0 Å². The third-order valence-corrected chi connectivity index (χ3v) is 2.62. The monoisotopic (exact) mass is 206 g/mol. The maximum Gasteiger partial charge on any atom is 0.242 e. The number of carbonyl (C=O) groups excluding carboxylic acids is 1. The Balaban J connectivity index is 2.30. The van der Waals surface area contributed by atoms with Crippen LogP contribution in [0.1, 0.15) is 6.92 Å². The van der Waals surface area contributed by atoms with Crippen LogP contribution in [0.3, 0.4) is 0 Å². The molecule has 1 unspecified atom stereocenters. The zero-order valence-corrected chi connectivity index (χ0v) is 8.60. The van der Waals surface area contributed by atoms with Crippen molar-refractivity contribution in [1.82, 2.24) is 10.3 Å². The Morgan fingerprint density at radius 1 is 1.67 bits per heavy atom. The third-order valence-electron chi connectivity index (χ3n) is 2.62. The molecule has 15 heavy (non-hydrogen) atoms. The Bertz CT molecular complexity index is 379. The zero-order chi connectivity index (χ0) is 10.8. The summed E-state index contributed by atoms with van der Waals surface area (Å²) in [5.41, 5.74) is 6.61. The quantitative estimate of drug-likeness (QED) is 0.678. The molecule has 1 aromatic rings. The van der Waals surface area contributed by atoms with Crippen molar-refractivity contribution in [3.05, 3.63) is 18.3 Å². The summed E-state index contributed by atoms with van der Waals surface area (Å²) in [5, 5.41) is 2.81. The van der Waals surface area contributed by atoms with Gasteiger partial charge in [-0.25, -0.2) is 4.98 Å². The fourth-order valence-electron chi connectivity index (χ4n) is 1.76. The van der Waals surface area contributed by atoms with Gasteiger partial charge in [-0.2, -0.15) is 0 Å². The largest absolute Gasteiger partial charge is 0.382 e. The van der Waals surface area contributed by atoms with Gasteiger partial charge in [-0.3, -0.25) is 4.79 Å². The lowest BCUT2D eigenvalue weighted by Crippen LogP contribution is -2.54. The summed E-state index contributed by atoms with van der Waals surface area (Å²) in [6, 6.07) is 3.52. The third kappa shape index (κ3) is 1.72. The number of pyridine rings is 1. The van der Waals surface area contributed by atoms with Crippen LogP contribution in [0.4, 0.5) is 11.5 Å². The van der Waals surface area contributed by atoms with Gasteiger partial charge in [0.25, 0.3) is 0 Å². The molecule has 1 fully saturated rings. The Labute approximate surface area is 88.3 Å². The maximum absolute atomic E-state index is 11.5. The lowest BCUT2D eigenvalue weighted by atomic mass is 10.2. The van der Waals surface area contributed by atoms with Crippen molar-refractivity contribution in [2.75, 3.05) is 23.7 Å². The number of hydrogen-bond donors (Lipinski definition) is 2. The Kier molecular flexibility index (Phi) is 2.45. The summed E-state index contributed by atoms with van der Waals surface area (Å²) < 4.78 is 0. The molecule has 3 N–H and O–H groups in total. The molecule has 2 heterocycles. The average Bonchev–Trinajstić information content (AvgIpc) is 2.23. The minimum absolute atomic E-state index is 0.0319. The van der Waals surface area contributed by atoms with Crippen LogP contribution in [0, 0.1) is 0 Å². The molecule has 5 heteroatoms. The smallest absolute Gasteiger partial charge is 0.242 e. The highest BCUT2D eigenvalue weighted by Gasteiger charge is 2.26. The summed E-state index contributed by atoms with van der Waals surface area (Å²) in [4.78, 5) is 17.5. The standard InChI is InChI=1S/C10H14N4O/c1-7-10(15)13-5-6-14(7)8-3-2-4-12-9(8)11/h2-4,7H,5-6H2,1H3,(H2,11,12)(H,13,15). The number of nitrogens with one attached hydrogen (secondary N) is 1. The molecule has 0 aromatic carbocycles. The van der Waals surface area contributed by atoms with Gasteiger partial charge in [-0.1, -0.05) is 0 Å². The number of hydrogen-bond acceptors (Lipinski definition) is 4. The minimum Gasteiger partial charge on any atom is -0.382 e. The van der Waals surface area contributed by atoms with Gasteiger partial charge >= 0.3 is 0 Å². The first-order valence-electron chi connectivity index (χ1n) is 4.95. The Morgan fingerprint density at radius 3 is 3.20 bits per heavy atom. The molecule has 0 aliphatic carbocycles. The van der Waals surface area contributed by atoms with E-state index in [-0.39, 0.29) is 11.9 Å². The second-order valence-corrected chi connectivity index (χ2v) is 3.57. The molecule has 1 atom stereocenters. The van der Waals surface area contributed by atoms with E-state index in [1.54, 1.807) is 6.20 Å². The van der Waals surface area contributed by atoms with Crippen molar-refractivity contribution in [3.63, 3.8) is 0 Å². The number of nitrogens with two attached hydrogens (primary N) is 1. The van der Waals surface area contributed by atoms with E-state index in [0.29, 0.717) is 12.4 Å². The van der Waals surface area contributed by atoms with E-state index in [1.165, 1.54) is 0 Å². The van der Waals surface area contributed by atoms with Gasteiger partial charge in [0.2, 0.25) is 5.91 Å². The summed E-state index contributed by atoms with van der Waals surface area (Å²) >= 11 is 0. The van der Waals surface area contributed by atoms with E-state index >= 15 is 0 Å².